The first-order valence-corrected chi connectivity index (χ1v) is 8.16. The number of aromatic nitrogens is 2. The van der Waals surface area contributed by atoms with Gasteiger partial charge in [-0.25, -0.2) is 4.98 Å². The van der Waals surface area contributed by atoms with Gasteiger partial charge in [-0.3, -0.25) is 0 Å². The molecule has 2 fully saturated rings. The van der Waals surface area contributed by atoms with E-state index < -0.39 is 0 Å². The summed E-state index contributed by atoms with van der Waals surface area (Å²) in [4.78, 5) is 4.47. The predicted octanol–water partition coefficient (Wildman–Crippen LogP) is 2.34. The molecule has 5 nitrogen and oxygen atoms in total. The first-order valence-electron chi connectivity index (χ1n) is 8.16. The Morgan fingerprint density at radius 2 is 2.14 bits per heavy atom. The van der Waals surface area contributed by atoms with Gasteiger partial charge in [-0.05, 0) is 33.2 Å². The highest BCUT2D eigenvalue weighted by atomic mass is 16.7. The minimum absolute atomic E-state index is 0.351. The lowest BCUT2D eigenvalue weighted by molar-refractivity contribution is -0.188. The number of hydrogen-bond donors (Lipinski definition) is 1. The lowest BCUT2D eigenvalue weighted by Gasteiger charge is -2.42. The van der Waals surface area contributed by atoms with E-state index in [0.29, 0.717) is 12.1 Å². The van der Waals surface area contributed by atoms with Gasteiger partial charge in [-0.2, -0.15) is 0 Å². The van der Waals surface area contributed by atoms with Crippen LogP contribution in [0.25, 0.3) is 0 Å². The predicted molar refractivity (Wildman–Crippen MR) is 81.3 cm³/mol. The Kier molecular flexibility index (Phi) is 4.33. The maximum atomic E-state index is 5.95. The van der Waals surface area contributed by atoms with Crippen LogP contribution in [0.4, 0.5) is 0 Å². The van der Waals surface area contributed by atoms with E-state index in [-0.39, 0.29) is 5.79 Å². The van der Waals surface area contributed by atoms with E-state index in [1.54, 1.807) is 0 Å². The molecule has 2 unspecified atom stereocenters. The van der Waals surface area contributed by atoms with Crippen molar-refractivity contribution in [2.75, 3.05) is 19.8 Å². The second kappa shape index (κ2) is 6.07. The molecular weight excluding hydrogens is 266 g/mol. The van der Waals surface area contributed by atoms with Gasteiger partial charge < -0.3 is 19.4 Å². The Morgan fingerprint density at radius 3 is 2.76 bits per heavy atom. The molecule has 0 aromatic carbocycles. The summed E-state index contributed by atoms with van der Waals surface area (Å²) in [7, 11) is 0. The Bertz CT molecular complexity index is 480. The second-order valence-corrected chi connectivity index (χ2v) is 6.30. The van der Waals surface area contributed by atoms with Crippen molar-refractivity contribution in [3.63, 3.8) is 0 Å². The van der Waals surface area contributed by atoms with Gasteiger partial charge >= 0.3 is 0 Å². The van der Waals surface area contributed by atoms with E-state index in [0.717, 1.165) is 51.1 Å². The maximum absolute atomic E-state index is 5.95. The lowest BCUT2D eigenvalue weighted by atomic mass is 9.85. The smallest absolute Gasteiger partial charge is 0.170 e. The molecule has 1 aromatic heterocycles. The van der Waals surface area contributed by atoms with Gasteiger partial charge in [-0.15, -0.1) is 0 Å². The fraction of sp³-hybridized carbons (Fsp3) is 0.812. The molecule has 0 radical (unpaired) electrons. The van der Waals surface area contributed by atoms with Gasteiger partial charge in [-0.1, -0.05) is 6.92 Å². The van der Waals surface area contributed by atoms with Crippen LogP contribution in [0.3, 0.4) is 0 Å². The average Bonchev–Trinajstić information content (AvgIpc) is 3.07. The van der Waals surface area contributed by atoms with Crippen molar-refractivity contribution in [3.05, 3.63) is 17.7 Å². The van der Waals surface area contributed by atoms with E-state index in [2.05, 4.69) is 35.6 Å². The summed E-state index contributed by atoms with van der Waals surface area (Å²) in [6.45, 7) is 8.94. The Morgan fingerprint density at radius 1 is 1.38 bits per heavy atom. The van der Waals surface area contributed by atoms with Crippen LogP contribution >= 0.6 is 0 Å². The van der Waals surface area contributed by atoms with Crippen molar-refractivity contribution in [2.24, 2.45) is 0 Å². The fourth-order valence-corrected chi connectivity index (χ4v) is 3.60. The molecule has 0 amide bonds. The van der Waals surface area contributed by atoms with E-state index in [4.69, 9.17) is 9.47 Å². The number of aryl methyl sites for hydroxylation is 1. The highest BCUT2D eigenvalue weighted by Gasteiger charge is 2.45. The van der Waals surface area contributed by atoms with Gasteiger partial charge in [0.1, 0.15) is 0 Å². The van der Waals surface area contributed by atoms with Crippen molar-refractivity contribution in [1.82, 2.24) is 14.9 Å². The van der Waals surface area contributed by atoms with Crippen LogP contribution in [0.5, 0.6) is 0 Å². The molecule has 1 saturated carbocycles. The first-order chi connectivity index (χ1) is 10.2. The number of nitrogens with one attached hydrogen (secondary N) is 1. The van der Waals surface area contributed by atoms with Gasteiger partial charge in [0.15, 0.2) is 5.79 Å². The molecule has 1 N–H and O–H groups in total. The van der Waals surface area contributed by atoms with E-state index >= 15 is 0 Å². The molecule has 5 heteroatoms. The van der Waals surface area contributed by atoms with E-state index in [9.17, 15) is 0 Å². The lowest BCUT2D eigenvalue weighted by Crippen LogP contribution is -2.49. The maximum Gasteiger partial charge on any atom is 0.170 e. The molecule has 1 aliphatic carbocycles. The van der Waals surface area contributed by atoms with E-state index in [1.807, 2.05) is 6.33 Å². The van der Waals surface area contributed by atoms with Crippen LogP contribution in [0.2, 0.25) is 0 Å². The summed E-state index contributed by atoms with van der Waals surface area (Å²) in [6.07, 6.45) is 6.11. The highest BCUT2D eigenvalue weighted by Crippen LogP contribution is 2.41. The number of nitrogens with zero attached hydrogens (tertiary/aromatic N) is 2. The summed E-state index contributed by atoms with van der Waals surface area (Å²) in [5, 5.41) is 3.70. The average molecular weight is 293 g/mol. The third-order valence-electron chi connectivity index (χ3n) is 4.93. The molecule has 1 saturated heterocycles. The summed E-state index contributed by atoms with van der Waals surface area (Å²) >= 11 is 0. The minimum atomic E-state index is -0.361. The van der Waals surface area contributed by atoms with Crippen molar-refractivity contribution in [3.8, 4) is 0 Å². The van der Waals surface area contributed by atoms with Crippen molar-refractivity contribution in [1.29, 1.82) is 0 Å². The standard InChI is InChI=1S/C16H27N3O2/c1-4-7-17-14-5-6-16(20-8-9-21-16)10-15(14)19-11-18-12(2)13(19)3/h11,14-15,17H,4-10H2,1-3H3. The van der Waals surface area contributed by atoms with Crippen LogP contribution in [0, 0.1) is 13.8 Å². The molecule has 2 aliphatic rings. The van der Waals surface area contributed by atoms with Crippen molar-refractivity contribution >= 4 is 0 Å². The van der Waals surface area contributed by atoms with E-state index in [1.165, 1.54) is 5.69 Å². The van der Waals surface area contributed by atoms with Crippen LogP contribution < -0.4 is 5.32 Å². The molecule has 2 heterocycles. The third-order valence-corrected chi connectivity index (χ3v) is 4.93. The van der Waals surface area contributed by atoms with Gasteiger partial charge in [0, 0.05) is 24.6 Å². The zero-order chi connectivity index (χ0) is 14.9. The highest BCUT2D eigenvalue weighted by molar-refractivity contribution is 5.12. The monoisotopic (exact) mass is 293 g/mol. The minimum Gasteiger partial charge on any atom is -0.347 e. The largest absolute Gasteiger partial charge is 0.347 e. The first kappa shape index (κ1) is 15.0. The third kappa shape index (κ3) is 2.87. The van der Waals surface area contributed by atoms with Gasteiger partial charge in [0.25, 0.3) is 0 Å². The zero-order valence-electron chi connectivity index (χ0n) is 13.4. The van der Waals surface area contributed by atoms with Gasteiger partial charge in [0.2, 0.25) is 0 Å². The molecule has 1 spiro atoms. The Hall–Kier alpha value is -0.910. The van der Waals surface area contributed by atoms with Crippen LogP contribution in [-0.4, -0.2) is 41.1 Å². The van der Waals surface area contributed by atoms with Crippen LogP contribution in [-0.2, 0) is 9.47 Å². The number of rotatable bonds is 4. The molecule has 1 aromatic rings. The van der Waals surface area contributed by atoms with Crippen LogP contribution in [0.1, 0.15) is 50.0 Å². The SMILES string of the molecule is CCCNC1CCC2(CC1n1cnc(C)c1C)OCCO2. The number of ether oxygens (including phenoxy) is 2. The summed E-state index contributed by atoms with van der Waals surface area (Å²) < 4.78 is 14.2. The molecule has 21 heavy (non-hydrogen) atoms. The second-order valence-electron chi connectivity index (χ2n) is 6.30. The summed E-state index contributed by atoms with van der Waals surface area (Å²) in [5.41, 5.74) is 2.36. The summed E-state index contributed by atoms with van der Waals surface area (Å²) in [6, 6.07) is 0.820. The van der Waals surface area contributed by atoms with Crippen LogP contribution in [0.15, 0.2) is 6.33 Å². The number of hydrogen-bond acceptors (Lipinski definition) is 4. The van der Waals surface area contributed by atoms with Crippen molar-refractivity contribution < 1.29 is 9.47 Å². The molecular formula is C16H27N3O2. The Balaban J connectivity index is 1.84. The Labute approximate surface area is 127 Å². The quantitative estimate of drug-likeness (QED) is 0.925. The topological polar surface area (TPSA) is 48.3 Å². The molecule has 1 aliphatic heterocycles. The van der Waals surface area contributed by atoms with Gasteiger partial charge in [0.05, 0.1) is 31.3 Å². The zero-order valence-corrected chi connectivity index (χ0v) is 13.4. The fourth-order valence-electron chi connectivity index (χ4n) is 3.60. The molecule has 0 bridgehead atoms. The number of imidazole rings is 1. The van der Waals surface area contributed by atoms with Crippen molar-refractivity contribution in [2.45, 2.75) is 64.3 Å². The molecule has 3 rings (SSSR count). The normalized spacial score (nSPS) is 28.3. The summed E-state index contributed by atoms with van der Waals surface area (Å²) in [5.74, 6) is -0.361. The molecule has 2 atom stereocenters. The molecule has 118 valence electrons.